The molecule has 4 rings (SSSR count). The summed E-state index contributed by atoms with van der Waals surface area (Å²) < 4.78 is 44.8. The van der Waals surface area contributed by atoms with Crippen LogP contribution in [-0.2, 0) is 17.5 Å². The number of rotatable bonds is 7. The first-order chi connectivity index (χ1) is 16.6. The van der Waals surface area contributed by atoms with Crippen molar-refractivity contribution in [3.05, 3.63) is 71.7 Å². The highest BCUT2D eigenvalue weighted by atomic mass is 19.4. The lowest BCUT2D eigenvalue weighted by molar-refractivity contribution is -0.138. The zero-order chi connectivity index (χ0) is 25.2. The fraction of sp³-hybridized carbons (Fsp3) is 0.217. The Bertz CT molecular complexity index is 1260. The fourth-order valence-corrected chi connectivity index (χ4v) is 3.30. The van der Waals surface area contributed by atoms with Crippen molar-refractivity contribution in [2.75, 3.05) is 5.73 Å². The van der Waals surface area contributed by atoms with Crippen molar-refractivity contribution >= 4 is 17.6 Å². The second kappa shape index (κ2) is 9.12. The van der Waals surface area contributed by atoms with E-state index in [4.69, 9.17) is 10.5 Å². The van der Waals surface area contributed by atoms with Crippen LogP contribution in [0.2, 0.25) is 0 Å². The van der Waals surface area contributed by atoms with Crippen LogP contribution in [0.15, 0.2) is 54.9 Å². The number of nitrogens with one attached hydrogen (secondary N) is 2. The van der Waals surface area contributed by atoms with E-state index in [1.807, 2.05) is 0 Å². The number of anilines is 1. The molecule has 182 valence electrons. The third-order valence-corrected chi connectivity index (χ3v) is 5.34. The van der Waals surface area contributed by atoms with Gasteiger partial charge in [-0.3, -0.25) is 14.6 Å². The van der Waals surface area contributed by atoms with E-state index in [0.717, 1.165) is 12.1 Å². The van der Waals surface area contributed by atoms with Gasteiger partial charge in [0, 0.05) is 6.20 Å². The number of phenols is 1. The van der Waals surface area contributed by atoms with Crippen LogP contribution in [0.4, 0.5) is 19.0 Å². The van der Waals surface area contributed by atoms with Gasteiger partial charge in [-0.1, -0.05) is 0 Å². The molecular formula is C23H20F3N5O4. The van der Waals surface area contributed by atoms with Gasteiger partial charge in [0.05, 0.1) is 24.0 Å². The molecule has 5 N–H and O–H groups in total. The Morgan fingerprint density at radius 2 is 1.91 bits per heavy atom. The molecule has 1 fully saturated rings. The van der Waals surface area contributed by atoms with Crippen molar-refractivity contribution in [2.45, 2.75) is 31.1 Å². The maximum absolute atomic E-state index is 13.2. The number of benzene rings is 1. The van der Waals surface area contributed by atoms with E-state index in [1.54, 1.807) is 6.07 Å². The molecule has 1 aliphatic rings. The van der Waals surface area contributed by atoms with Crippen LogP contribution in [0.25, 0.3) is 0 Å². The van der Waals surface area contributed by atoms with Crippen LogP contribution in [-0.4, -0.2) is 32.4 Å². The molecule has 1 saturated carbocycles. The molecule has 0 saturated heterocycles. The van der Waals surface area contributed by atoms with Gasteiger partial charge < -0.3 is 26.2 Å². The Hall–Kier alpha value is -4.35. The minimum absolute atomic E-state index is 0.0266. The van der Waals surface area contributed by atoms with Gasteiger partial charge in [-0.25, -0.2) is 4.98 Å². The van der Waals surface area contributed by atoms with Crippen LogP contribution in [0.5, 0.6) is 17.2 Å². The summed E-state index contributed by atoms with van der Waals surface area (Å²) in [5, 5.41) is 14.7. The first kappa shape index (κ1) is 23.8. The smallest absolute Gasteiger partial charge is 0.420 e. The van der Waals surface area contributed by atoms with E-state index in [2.05, 4.69) is 20.6 Å². The third-order valence-electron chi connectivity index (χ3n) is 5.34. The Kier molecular flexibility index (Phi) is 6.20. The monoisotopic (exact) mass is 487 g/mol. The Morgan fingerprint density at radius 3 is 2.54 bits per heavy atom. The van der Waals surface area contributed by atoms with E-state index in [0.29, 0.717) is 24.6 Å². The average Bonchev–Trinajstić information content (AvgIpc) is 3.59. The van der Waals surface area contributed by atoms with Gasteiger partial charge in [0.15, 0.2) is 0 Å². The molecule has 3 aromatic rings. The molecular weight excluding hydrogens is 467 g/mol. The quantitative estimate of drug-likeness (QED) is 0.401. The number of aromatic nitrogens is 2. The van der Waals surface area contributed by atoms with Crippen LogP contribution in [0.3, 0.4) is 0 Å². The molecule has 0 aliphatic heterocycles. The number of hydrogen-bond donors (Lipinski definition) is 4. The number of phenolic OH excluding ortho intramolecular Hbond substituents is 1. The van der Waals surface area contributed by atoms with Crippen molar-refractivity contribution < 1.29 is 32.6 Å². The second-order valence-corrected chi connectivity index (χ2v) is 7.92. The summed E-state index contributed by atoms with van der Waals surface area (Å²) in [6.45, 7) is 0.0266. The van der Waals surface area contributed by atoms with E-state index < -0.39 is 40.6 Å². The van der Waals surface area contributed by atoms with E-state index in [1.165, 1.54) is 30.6 Å². The normalized spacial score (nSPS) is 14.1. The predicted octanol–water partition coefficient (Wildman–Crippen LogP) is 3.15. The van der Waals surface area contributed by atoms with Crippen LogP contribution in [0, 0.1) is 0 Å². The van der Waals surface area contributed by atoms with Crippen LogP contribution >= 0.6 is 0 Å². The second-order valence-electron chi connectivity index (χ2n) is 7.92. The first-order valence-electron chi connectivity index (χ1n) is 10.4. The number of hydrogen-bond acceptors (Lipinski definition) is 7. The molecule has 0 spiro atoms. The van der Waals surface area contributed by atoms with Gasteiger partial charge in [-0.15, -0.1) is 0 Å². The lowest BCUT2D eigenvalue weighted by Crippen LogP contribution is -2.49. The Balaban J connectivity index is 1.36. The zero-order valence-corrected chi connectivity index (χ0v) is 18.1. The lowest BCUT2D eigenvalue weighted by Gasteiger charge is -2.17. The third kappa shape index (κ3) is 5.42. The molecule has 0 atom stereocenters. The first-order valence-corrected chi connectivity index (χ1v) is 10.4. The molecule has 1 aromatic carbocycles. The molecule has 1 aliphatic carbocycles. The van der Waals surface area contributed by atoms with Gasteiger partial charge in [0.25, 0.3) is 5.91 Å². The van der Waals surface area contributed by atoms with Crippen molar-refractivity contribution in [1.82, 2.24) is 20.6 Å². The highest BCUT2D eigenvalue weighted by Crippen LogP contribution is 2.40. The fourth-order valence-electron chi connectivity index (χ4n) is 3.30. The van der Waals surface area contributed by atoms with Gasteiger partial charge in [0.2, 0.25) is 5.91 Å². The number of nitrogens with zero attached hydrogens (tertiary/aromatic N) is 2. The summed E-state index contributed by atoms with van der Waals surface area (Å²) in [6, 6.07) is 8.62. The molecule has 9 nitrogen and oxygen atoms in total. The number of nitrogen functional groups attached to an aromatic ring is 1. The number of ether oxygens (including phenoxy) is 1. The number of alkyl halides is 3. The zero-order valence-electron chi connectivity index (χ0n) is 18.1. The van der Waals surface area contributed by atoms with Gasteiger partial charge in [-0.05, 0) is 55.3 Å². The standard InChI is InChI=1S/C23H20F3N5O4/c24-23(25,26)17-10-14(32)4-6-18(17)35-15-5-3-13(29-12-15)11-30-21(34)22(7-8-22)31-20(33)16-2-1-9-28-19(16)27/h1-6,9-10,12,32H,7-8,11H2,(H2,27,28)(H,30,34)(H,31,33). The number of halogens is 3. The minimum atomic E-state index is -4.72. The Morgan fingerprint density at radius 1 is 1.14 bits per heavy atom. The average molecular weight is 487 g/mol. The van der Waals surface area contributed by atoms with Crippen LogP contribution < -0.4 is 21.1 Å². The number of amides is 2. The molecule has 0 bridgehead atoms. The van der Waals surface area contributed by atoms with Gasteiger partial charge in [0.1, 0.15) is 34.2 Å². The largest absolute Gasteiger partial charge is 0.508 e. The number of aromatic hydroxyl groups is 1. The van der Waals surface area contributed by atoms with Crippen molar-refractivity contribution in [2.24, 2.45) is 0 Å². The topological polar surface area (TPSA) is 139 Å². The van der Waals surface area contributed by atoms with Crippen LogP contribution in [0.1, 0.15) is 34.5 Å². The maximum atomic E-state index is 13.2. The highest BCUT2D eigenvalue weighted by Gasteiger charge is 2.51. The van der Waals surface area contributed by atoms with E-state index in [9.17, 15) is 27.9 Å². The number of carbonyl (C=O) groups excluding carboxylic acids is 2. The number of nitrogens with two attached hydrogens (primary N) is 1. The molecule has 12 heteroatoms. The van der Waals surface area contributed by atoms with Crippen molar-refractivity contribution in [3.63, 3.8) is 0 Å². The summed E-state index contributed by atoms with van der Waals surface area (Å²) in [5.41, 5.74) is 4.13. The summed E-state index contributed by atoms with van der Waals surface area (Å²) in [5.74, 6) is -1.83. The molecule has 2 heterocycles. The summed E-state index contributed by atoms with van der Waals surface area (Å²) in [6.07, 6.45) is -1.13. The summed E-state index contributed by atoms with van der Waals surface area (Å²) in [7, 11) is 0. The molecule has 35 heavy (non-hydrogen) atoms. The highest BCUT2D eigenvalue weighted by molar-refractivity contribution is 6.03. The molecule has 2 aromatic heterocycles. The molecule has 0 unspecified atom stereocenters. The minimum Gasteiger partial charge on any atom is -0.508 e. The lowest BCUT2D eigenvalue weighted by atomic mass is 10.2. The summed E-state index contributed by atoms with van der Waals surface area (Å²) >= 11 is 0. The van der Waals surface area contributed by atoms with Gasteiger partial charge in [-0.2, -0.15) is 13.2 Å². The van der Waals surface area contributed by atoms with Crippen molar-refractivity contribution in [1.29, 1.82) is 0 Å². The maximum Gasteiger partial charge on any atom is 0.420 e. The van der Waals surface area contributed by atoms with Crippen molar-refractivity contribution in [3.8, 4) is 17.2 Å². The predicted molar refractivity (Wildman–Crippen MR) is 117 cm³/mol. The SMILES string of the molecule is Nc1ncccc1C(=O)NC1(C(=O)NCc2ccc(Oc3ccc(O)cc3C(F)(F)F)cn2)CC1. The Labute approximate surface area is 197 Å². The molecule has 2 amide bonds. The van der Waals surface area contributed by atoms with E-state index in [-0.39, 0.29) is 23.7 Å². The molecule has 0 radical (unpaired) electrons. The van der Waals surface area contributed by atoms with Gasteiger partial charge >= 0.3 is 6.18 Å². The number of pyridine rings is 2. The summed E-state index contributed by atoms with van der Waals surface area (Å²) in [4.78, 5) is 33.1. The number of carbonyl (C=O) groups is 2. The van der Waals surface area contributed by atoms with E-state index >= 15 is 0 Å².